The quantitative estimate of drug-likeness (QED) is 0.324. The number of halogens is 3. The van der Waals surface area contributed by atoms with E-state index >= 15 is 0 Å². The van der Waals surface area contributed by atoms with Gasteiger partial charge in [-0.05, 0) is 12.1 Å². The molecule has 0 heterocycles. The minimum absolute atomic E-state index is 0. The van der Waals surface area contributed by atoms with E-state index < -0.39 is 6.43 Å². The molecule has 0 saturated carbocycles. The van der Waals surface area contributed by atoms with Crippen LogP contribution in [0.15, 0.2) is 40.2 Å². The highest BCUT2D eigenvalue weighted by atomic mass is 127. The maximum Gasteiger partial charge on any atom is 0.255 e. The van der Waals surface area contributed by atoms with E-state index in [4.69, 9.17) is 0 Å². The van der Waals surface area contributed by atoms with Crippen molar-refractivity contribution in [2.24, 2.45) is 4.99 Å². The summed E-state index contributed by atoms with van der Waals surface area (Å²) in [4.78, 5) is 5.08. The molecular weight excluding hydrogens is 395 g/mol. The van der Waals surface area contributed by atoms with Crippen molar-refractivity contribution in [1.29, 1.82) is 0 Å². The summed E-state index contributed by atoms with van der Waals surface area (Å²) < 4.78 is 24.1. The van der Waals surface area contributed by atoms with E-state index in [1.165, 1.54) is 4.90 Å². The van der Waals surface area contributed by atoms with E-state index in [1.54, 1.807) is 18.8 Å². The number of aliphatic imine (C=N–C) groups is 1. The topological polar surface area (TPSA) is 36.4 Å². The molecule has 2 N–H and O–H groups in total. The fourth-order valence-electron chi connectivity index (χ4n) is 1.41. The number of hydrogen-bond donors (Lipinski definition) is 2. The van der Waals surface area contributed by atoms with Gasteiger partial charge >= 0.3 is 0 Å². The fraction of sp³-hybridized carbons (Fsp3) is 0.462. The van der Waals surface area contributed by atoms with Crippen molar-refractivity contribution in [3.63, 3.8) is 0 Å². The summed E-state index contributed by atoms with van der Waals surface area (Å²) in [7, 11) is 1.57. The molecular formula is C13H20F2IN3S. The number of benzene rings is 1. The minimum Gasteiger partial charge on any atom is -0.355 e. The second kappa shape index (κ2) is 11.1. The van der Waals surface area contributed by atoms with Crippen LogP contribution in [-0.2, 0) is 0 Å². The summed E-state index contributed by atoms with van der Waals surface area (Å²) in [6.07, 6.45) is -2.38. The molecule has 1 atom stereocenters. The predicted molar refractivity (Wildman–Crippen MR) is 92.5 cm³/mol. The molecule has 0 saturated heterocycles. The van der Waals surface area contributed by atoms with E-state index in [2.05, 4.69) is 22.5 Å². The zero-order valence-electron chi connectivity index (χ0n) is 11.5. The van der Waals surface area contributed by atoms with Crippen molar-refractivity contribution >= 4 is 41.7 Å². The summed E-state index contributed by atoms with van der Waals surface area (Å²) in [5.41, 5.74) is 0. The molecule has 1 aromatic carbocycles. The van der Waals surface area contributed by atoms with Gasteiger partial charge in [0.2, 0.25) is 0 Å². The van der Waals surface area contributed by atoms with Crippen LogP contribution in [0.1, 0.15) is 6.92 Å². The van der Waals surface area contributed by atoms with Crippen molar-refractivity contribution in [1.82, 2.24) is 10.6 Å². The molecule has 0 spiro atoms. The van der Waals surface area contributed by atoms with Gasteiger partial charge in [-0.15, -0.1) is 35.7 Å². The number of nitrogens with one attached hydrogen (secondary N) is 2. The van der Waals surface area contributed by atoms with Gasteiger partial charge < -0.3 is 10.6 Å². The lowest BCUT2D eigenvalue weighted by atomic mass is 10.4. The second-order valence-electron chi connectivity index (χ2n) is 3.97. The third-order valence-electron chi connectivity index (χ3n) is 2.28. The molecule has 0 aliphatic rings. The summed E-state index contributed by atoms with van der Waals surface area (Å²) >= 11 is 1.73. The highest BCUT2D eigenvalue weighted by molar-refractivity contribution is 14.0. The first-order valence-corrected chi connectivity index (χ1v) is 6.94. The first-order chi connectivity index (χ1) is 9.11. The van der Waals surface area contributed by atoms with E-state index in [0.29, 0.717) is 17.8 Å². The van der Waals surface area contributed by atoms with Crippen molar-refractivity contribution in [2.45, 2.75) is 23.5 Å². The number of nitrogens with zero attached hydrogens (tertiary/aromatic N) is 1. The van der Waals surface area contributed by atoms with E-state index in [0.717, 1.165) is 0 Å². The van der Waals surface area contributed by atoms with Gasteiger partial charge in [0.15, 0.2) is 5.96 Å². The molecule has 0 bridgehead atoms. The van der Waals surface area contributed by atoms with Gasteiger partial charge in [0.05, 0.1) is 6.54 Å². The van der Waals surface area contributed by atoms with E-state index in [-0.39, 0.29) is 30.5 Å². The van der Waals surface area contributed by atoms with Gasteiger partial charge in [0.25, 0.3) is 6.43 Å². The van der Waals surface area contributed by atoms with Gasteiger partial charge in [-0.25, -0.2) is 8.78 Å². The lowest BCUT2D eigenvalue weighted by Gasteiger charge is -2.15. The van der Waals surface area contributed by atoms with Crippen molar-refractivity contribution in [3.8, 4) is 0 Å². The SMILES string of the molecule is CN=C(NCC(F)F)NCC(C)Sc1ccccc1.I. The maximum atomic E-state index is 12.1. The highest BCUT2D eigenvalue weighted by Crippen LogP contribution is 2.21. The summed E-state index contributed by atoms with van der Waals surface area (Å²) in [6, 6.07) is 10.1. The van der Waals surface area contributed by atoms with Gasteiger partial charge in [0.1, 0.15) is 0 Å². The predicted octanol–water partition coefficient (Wildman–Crippen LogP) is 3.22. The molecule has 0 amide bonds. The molecule has 0 aliphatic carbocycles. The minimum atomic E-state index is -2.38. The van der Waals surface area contributed by atoms with Crippen LogP contribution in [0.4, 0.5) is 8.78 Å². The number of alkyl halides is 2. The number of guanidine groups is 1. The Hall–Kier alpha value is -0.570. The molecule has 3 nitrogen and oxygen atoms in total. The second-order valence-corrected chi connectivity index (χ2v) is 5.48. The maximum absolute atomic E-state index is 12.1. The van der Waals surface area contributed by atoms with Crippen molar-refractivity contribution in [3.05, 3.63) is 30.3 Å². The fourth-order valence-corrected chi connectivity index (χ4v) is 2.35. The summed E-state index contributed by atoms with van der Waals surface area (Å²) in [6.45, 7) is 2.34. The Balaban J connectivity index is 0.00000361. The average Bonchev–Trinajstić information content (AvgIpc) is 2.39. The van der Waals surface area contributed by atoms with Gasteiger partial charge in [0, 0.05) is 23.7 Å². The van der Waals surface area contributed by atoms with Crippen LogP contribution in [0.25, 0.3) is 0 Å². The van der Waals surface area contributed by atoms with Gasteiger partial charge in [-0.3, -0.25) is 4.99 Å². The smallest absolute Gasteiger partial charge is 0.255 e. The van der Waals surface area contributed by atoms with Gasteiger partial charge in [-0.1, -0.05) is 25.1 Å². The molecule has 7 heteroatoms. The molecule has 0 aromatic heterocycles. The van der Waals surface area contributed by atoms with E-state index in [1.807, 2.05) is 30.3 Å². The Labute approximate surface area is 140 Å². The van der Waals surface area contributed by atoms with Crippen LogP contribution in [-0.4, -0.2) is 37.8 Å². The monoisotopic (exact) mass is 415 g/mol. The molecule has 0 aliphatic heterocycles. The first-order valence-electron chi connectivity index (χ1n) is 6.06. The highest BCUT2D eigenvalue weighted by Gasteiger charge is 2.07. The Bertz CT molecular complexity index is 390. The van der Waals surface area contributed by atoms with Crippen LogP contribution in [0, 0.1) is 0 Å². The largest absolute Gasteiger partial charge is 0.355 e. The number of thioether (sulfide) groups is 1. The Morgan fingerprint density at radius 1 is 1.20 bits per heavy atom. The van der Waals surface area contributed by atoms with Crippen molar-refractivity contribution in [2.75, 3.05) is 20.1 Å². The van der Waals surface area contributed by atoms with Crippen LogP contribution >= 0.6 is 35.7 Å². The van der Waals surface area contributed by atoms with Crippen molar-refractivity contribution < 1.29 is 8.78 Å². The molecule has 1 unspecified atom stereocenters. The Morgan fingerprint density at radius 2 is 1.80 bits per heavy atom. The lowest BCUT2D eigenvalue weighted by Crippen LogP contribution is -2.41. The average molecular weight is 415 g/mol. The molecule has 20 heavy (non-hydrogen) atoms. The zero-order chi connectivity index (χ0) is 14.1. The van der Waals surface area contributed by atoms with Gasteiger partial charge in [-0.2, -0.15) is 0 Å². The molecule has 114 valence electrons. The molecule has 1 aromatic rings. The molecule has 1 rings (SSSR count). The van der Waals surface area contributed by atoms with E-state index in [9.17, 15) is 8.78 Å². The summed E-state index contributed by atoms with van der Waals surface area (Å²) in [5.74, 6) is 0.404. The number of rotatable bonds is 6. The number of hydrogen-bond acceptors (Lipinski definition) is 2. The summed E-state index contributed by atoms with van der Waals surface area (Å²) in [5, 5.41) is 5.91. The van der Waals surface area contributed by atoms with Crippen LogP contribution in [0.5, 0.6) is 0 Å². The Morgan fingerprint density at radius 3 is 2.35 bits per heavy atom. The standard InChI is InChI=1S/C13H19F2N3S.HI/c1-10(19-11-6-4-3-5-7-11)8-17-13(16-2)18-9-12(14)15;/h3-7,10,12H,8-9H2,1-2H3,(H2,16,17,18);1H. The Kier molecular flexibility index (Phi) is 10.8. The first kappa shape index (κ1) is 19.4. The zero-order valence-corrected chi connectivity index (χ0v) is 14.6. The van der Waals surface area contributed by atoms with Crippen LogP contribution < -0.4 is 10.6 Å². The van der Waals surface area contributed by atoms with Crippen LogP contribution in [0.3, 0.4) is 0 Å². The molecule has 0 fully saturated rings. The third-order valence-corrected chi connectivity index (χ3v) is 3.40. The third kappa shape index (κ3) is 8.57. The molecule has 0 radical (unpaired) electrons. The van der Waals surface area contributed by atoms with Crippen LogP contribution in [0.2, 0.25) is 0 Å². The normalized spacial score (nSPS) is 12.8. The lowest BCUT2D eigenvalue weighted by molar-refractivity contribution is 0.152.